The molecule has 32 heavy (non-hydrogen) atoms. The van der Waals surface area contributed by atoms with Crippen molar-refractivity contribution in [3.05, 3.63) is 65.2 Å². The van der Waals surface area contributed by atoms with E-state index >= 15 is 0 Å². The van der Waals surface area contributed by atoms with E-state index in [1.165, 1.54) is 5.56 Å². The average Bonchev–Trinajstić information content (AvgIpc) is 2.80. The van der Waals surface area contributed by atoms with Gasteiger partial charge in [0.25, 0.3) is 0 Å². The first-order valence-corrected chi connectivity index (χ1v) is 11.5. The van der Waals surface area contributed by atoms with E-state index < -0.39 is 5.91 Å². The zero-order valence-corrected chi connectivity index (χ0v) is 18.5. The fraction of sp³-hybridized carbons (Fsp3) is 0.440. The SMILES string of the molecule is NC(=O)c1ccc2c(c1)CCC(CN(CCCN1CCCNC1=O)Cc1ccccc1)O2. The van der Waals surface area contributed by atoms with E-state index in [1.54, 1.807) is 6.07 Å². The highest BCUT2D eigenvalue weighted by Gasteiger charge is 2.24. The van der Waals surface area contributed by atoms with E-state index in [0.29, 0.717) is 5.56 Å². The fourth-order valence-corrected chi connectivity index (χ4v) is 4.47. The first-order valence-electron chi connectivity index (χ1n) is 11.5. The van der Waals surface area contributed by atoms with Gasteiger partial charge >= 0.3 is 6.03 Å². The molecule has 2 heterocycles. The standard InChI is InChI=1S/C25H32N4O3/c26-24(30)21-9-11-23-20(16-21)8-10-22(32-23)18-28(17-19-6-2-1-3-7-19)13-5-15-29-14-4-12-27-25(29)31/h1-3,6-7,9,11,16,22H,4-5,8,10,12-15,17-18H2,(H2,26,30)(H,27,31). The van der Waals surface area contributed by atoms with E-state index in [0.717, 1.165) is 76.3 Å². The zero-order chi connectivity index (χ0) is 22.3. The van der Waals surface area contributed by atoms with Gasteiger partial charge in [-0.05, 0) is 55.0 Å². The summed E-state index contributed by atoms with van der Waals surface area (Å²) in [6.07, 6.45) is 3.78. The van der Waals surface area contributed by atoms with E-state index in [4.69, 9.17) is 10.5 Å². The number of carbonyl (C=O) groups is 2. The van der Waals surface area contributed by atoms with Crippen molar-refractivity contribution >= 4 is 11.9 Å². The quantitative estimate of drug-likeness (QED) is 0.633. The molecule has 0 bridgehead atoms. The molecule has 0 aliphatic carbocycles. The molecule has 3 N–H and O–H groups in total. The lowest BCUT2D eigenvalue weighted by Crippen LogP contribution is -2.47. The van der Waals surface area contributed by atoms with Crippen LogP contribution in [0.2, 0.25) is 0 Å². The largest absolute Gasteiger partial charge is 0.489 e. The molecule has 2 aromatic carbocycles. The number of nitrogens with zero attached hydrogens (tertiary/aromatic N) is 2. The number of nitrogens with two attached hydrogens (primary N) is 1. The number of aryl methyl sites for hydroxylation is 1. The number of hydrogen-bond acceptors (Lipinski definition) is 4. The molecule has 1 atom stereocenters. The summed E-state index contributed by atoms with van der Waals surface area (Å²) in [5, 5.41) is 2.92. The molecule has 0 radical (unpaired) electrons. The van der Waals surface area contributed by atoms with Crippen LogP contribution in [0.3, 0.4) is 0 Å². The molecule has 1 fully saturated rings. The smallest absolute Gasteiger partial charge is 0.317 e. The van der Waals surface area contributed by atoms with Crippen molar-refractivity contribution in [3.63, 3.8) is 0 Å². The summed E-state index contributed by atoms with van der Waals surface area (Å²) in [5.74, 6) is 0.433. The molecule has 7 nitrogen and oxygen atoms in total. The topological polar surface area (TPSA) is 87.9 Å². The highest BCUT2D eigenvalue weighted by molar-refractivity contribution is 5.93. The number of primary amides is 1. The number of carbonyl (C=O) groups excluding carboxylic acids is 2. The Hall–Kier alpha value is -3.06. The van der Waals surface area contributed by atoms with Gasteiger partial charge in [0.2, 0.25) is 5.91 Å². The monoisotopic (exact) mass is 436 g/mol. The molecular formula is C25H32N4O3. The number of ether oxygens (including phenoxy) is 1. The number of hydrogen-bond donors (Lipinski definition) is 2. The Morgan fingerprint density at radius 1 is 1.22 bits per heavy atom. The first kappa shape index (κ1) is 22.1. The fourth-order valence-electron chi connectivity index (χ4n) is 4.47. The number of amides is 3. The predicted molar refractivity (Wildman–Crippen MR) is 124 cm³/mol. The van der Waals surface area contributed by atoms with Crippen LogP contribution in [0, 0.1) is 0 Å². The number of rotatable bonds is 9. The summed E-state index contributed by atoms with van der Waals surface area (Å²) in [4.78, 5) is 27.8. The van der Waals surface area contributed by atoms with Gasteiger partial charge in [-0.1, -0.05) is 30.3 Å². The second-order valence-corrected chi connectivity index (χ2v) is 8.61. The molecule has 0 spiro atoms. The van der Waals surface area contributed by atoms with Gasteiger partial charge in [0, 0.05) is 44.8 Å². The molecule has 170 valence electrons. The molecule has 0 saturated carbocycles. The third kappa shape index (κ3) is 5.79. The van der Waals surface area contributed by atoms with Crippen LogP contribution in [0.4, 0.5) is 4.79 Å². The molecule has 2 aliphatic rings. The Balaban J connectivity index is 1.37. The van der Waals surface area contributed by atoms with Crippen LogP contribution in [-0.2, 0) is 13.0 Å². The van der Waals surface area contributed by atoms with Crippen LogP contribution in [0.25, 0.3) is 0 Å². The van der Waals surface area contributed by atoms with Crippen LogP contribution >= 0.6 is 0 Å². The summed E-state index contributed by atoms with van der Waals surface area (Å²) in [6, 6.07) is 15.9. The van der Waals surface area contributed by atoms with Crippen LogP contribution in [0.5, 0.6) is 5.75 Å². The molecule has 2 aromatic rings. The van der Waals surface area contributed by atoms with Crippen molar-refractivity contribution in [2.75, 3.05) is 32.7 Å². The Bertz CT molecular complexity index is 934. The van der Waals surface area contributed by atoms with E-state index in [1.807, 2.05) is 23.1 Å². The van der Waals surface area contributed by atoms with Gasteiger partial charge in [-0.25, -0.2) is 4.79 Å². The minimum atomic E-state index is -0.411. The Kier molecular flexibility index (Phi) is 7.27. The lowest BCUT2D eigenvalue weighted by atomic mass is 9.99. The van der Waals surface area contributed by atoms with Crippen LogP contribution in [-0.4, -0.2) is 60.6 Å². The number of fused-ring (bicyclic) bond motifs is 1. The van der Waals surface area contributed by atoms with Crippen LogP contribution in [0.1, 0.15) is 40.7 Å². The number of urea groups is 1. The highest BCUT2D eigenvalue weighted by atomic mass is 16.5. The van der Waals surface area contributed by atoms with Crippen molar-refractivity contribution in [1.29, 1.82) is 0 Å². The lowest BCUT2D eigenvalue weighted by Gasteiger charge is -2.32. The Morgan fingerprint density at radius 3 is 2.84 bits per heavy atom. The Labute approximate surface area is 189 Å². The lowest BCUT2D eigenvalue weighted by molar-refractivity contribution is 0.0997. The minimum Gasteiger partial charge on any atom is -0.489 e. The number of benzene rings is 2. The number of nitrogens with one attached hydrogen (secondary N) is 1. The van der Waals surface area contributed by atoms with Crippen molar-refractivity contribution in [3.8, 4) is 5.75 Å². The molecule has 7 heteroatoms. The van der Waals surface area contributed by atoms with Gasteiger partial charge in [-0.2, -0.15) is 0 Å². The van der Waals surface area contributed by atoms with Gasteiger partial charge in [0.05, 0.1) is 0 Å². The van der Waals surface area contributed by atoms with Gasteiger partial charge < -0.3 is 20.7 Å². The zero-order valence-electron chi connectivity index (χ0n) is 18.5. The maximum absolute atomic E-state index is 12.0. The van der Waals surface area contributed by atoms with Crippen molar-refractivity contribution in [2.45, 2.75) is 38.3 Å². The summed E-state index contributed by atoms with van der Waals surface area (Å²) in [5.41, 5.74) is 8.25. The average molecular weight is 437 g/mol. The highest BCUT2D eigenvalue weighted by Crippen LogP contribution is 2.29. The van der Waals surface area contributed by atoms with Crippen molar-refractivity contribution in [2.24, 2.45) is 5.73 Å². The minimum absolute atomic E-state index is 0.0495. The second-order valence-electron chi connectivity index (χ2n) is 8.61. The van der Waals surface area contributed by atoms with E-state index in [9.17, 15) is 9.59 Å². The molecular weight excluding hydrogens is 404 g/mol. The van der Waals surface area contributed by atoms with Crippen molar-refractivity contribution in [1.82, 2.24) is 15.1 Å². The van der Waals surface area contributed by atoms with Gasteiger partial charge in [0.1, 0.15) is 11.9 Å². The third-order valence-electron chi connectivity index (χ3n) is 6.16. The summed E-state index contributed by atoms with van der Waals surface area (Å²) < 4.78 is 6.28. The maximum atomic E-state index is 12.0. The molecule has 4 rings (SSSR count). The second kappa shape index (κ2) is 10.5. The first-order chi connectivity index (χ1) is 15.6. The normalized spacial score (nSPS) is 18.1. The summed E-state index contributed by atoms with van der Waals surface area (Å²) in [7, 11) is 0. The summed E-state index contributed by atoms with van der Waals surface area (Å²) >= 11 is 0. The van der Waals surface area contributed by atoms with Gasteiger partial charge in [0.15, 0.2) is 0 Å². The van der Waals surface area contributed by atoms with E-state index in [2.05, 4.69) is 34.5 Å². The van der Waals surface area contributed by atoms with Crippen LogP contribution < -0.4 is 15.8 Å². The van der Waals surface area contributed by atoms with Crippen LogP contribution in [0.15, 0.2) is 48.5 Å². The predicted octanol–water partition coefficient (Wildman–Crippen LogP) is 2.79. The third-order valence-corrected chi connectivity index (χ3v) is 6.16. The summed E-state index contributed by atoms with van der Waals surface area (Å²) in [6.45, 7) is 4.93. The molecule has 3 amide bonds. The van der Waals surface area contributed by atoms with E-state index in [-0.39, 0.29) is 12.1 Å². The van der Waals surface area contributed by atoms with Crippen molar-refractivity contribution < 1.29 is 14.3 Å². The van der Waals surface area contributed by atoms with Gasteiger partial charge in [-0.15, -0.1) is 0 Å². The molecule has 1 saturated heterocycles. The molecule has 1 unspecified atom stereocenters. The Morgan fingerprint density at radius 2 is 2.06 bits per heavy atom. The molecule has 0 aromatic heterocycles. The maximum Gasteiger partial charge on any atom is 0.317 e. The van der Waals surface area contributed by atoms with Gasteiger partial charge in [-0.3, -0.25) is 9.69 Å². The molecule has 2 aliphatic heterocycles.